The van der Waals surface area contributed by atoms with Gasteiger partial charge in [-0.3, -0.25) is 0 Å². The van der Waals surface area contributed by atoms with E-state index in [1.807, 2.05) is 24.3 Å². The minimum Gasteiger partial charge on any atom is -0.399 e. The van der Waals surface area contributed by atoms with Crippen LogP contribution in [0, 0.1) is 0 Å². The third-order valence-electron chi connectivity index (χ3n) is 1.61. The lowest BCUT2D eigenvalue weighted by Crippen LogP contribution is -1.81. The molecule has 0 radical (unpaired) electrons. The van der Waals surface area contributed by atoms with Crippen LogP contribution in [0.1, 0.15) is 0 Å². The van der Waals surface area contributed by atoms with E-state index in [4.69, 9.17) is 5.73 Å². The highest BCUT2D eigenvalue weighted by Crippen LogP contribution is 2.20. The van der Waals surface area contributed by atoms with Crippen molar-refractivity contribution in [3.05, 3.63) is 28.9 Å². The quantitative estimate of drug-likeness (QED) is 0.646. The highest BCUT2D eigenvalue weighted by Gasteiger charge is 1.96. The van der Waals surface area contributed by atoms with Crippen molar-refractivity contribution in [2.75, 3.05) is 5.73 Å². The first-order chi connectivity index (χ1) is 5.25. The number of fused-ring (bicyclic) bond motifs is 1. The van der Waals surface area contributed by atoms with Crippen molar-refractivity contribution in [1.82, 2.24) is 4.98 Å². The summed E-state index contributed by atoms with van der Waals surface area (Å²) in [6, 6.07) is 7.79. The lowest BCUT2D eigenvalue weighted by Gasteiger charge is -1.90. The average molecular weight is 211 g/mol. The van der Waals surface area contributed by atoms with Gasteiger partial charge in [0.1, 0.15) is 0 Å². The number of hydrogen-bond donors (Lipinski definition) is 2. The Balaban J connectivity index is 2.82. The van der Waals surface area contributed by atoms with Crippen LogP contribution in [0.2, 0.25) is 0 Å². The van der Waals surface area contributed by atoms with E-state index in [0.29, 0.717) is 0 Å². The molecule has 0 fully saturated rings. The molecular weight excluding hydrogens is 204 g/mol. The third-order valence-corrected chi connectivity index (χ3v) is 2.04. The number of nitrogens with two attached hydrogens (primary N) is 1. The van der Waals surface area contributed by atoms with Gasteiger partial charge in [-0.15, -0.1) is 0 Å². The molecule has 56 valence electrons. The fraction of sp³-hybridized carbons (Fsp3) is 0. The lowest BCUT2D eigenvalue weighted by molar-refractivity contribution is 1.41. The van der Waals surface area contributed by atoms with Crippen LogP contribution < -0.4 is 5.73 Å². The van der Waals surface area contributed by atoms with Crippen molar-refractivity contribution < 1.29 is 0 Å². The van der Waals surface area contributed by atoms with E-state index in [9.17, 15) is 0 Å². The minimum absolute atomic E-state index is 0.795. The molecule has 0 aliphatic heterocycles. The number of nitrogens with one attached hydrogen (secondary N) is 1. The van der Waals surface area contributed by atoms with Crippen LogP contribution in [0.15, 0.2) is 28.9 Å². The van der Waals surface area contributed by atoms with Crippen molar-refractivity contribution in [3.8, 4) is 0 Å². The number of rotatable bonds is 0. The summed E-state index contributed by atoms with van der Waals surface area (Å²) < 4.78 is 0.984. The first-order valence-corrected chi connectivity index (χ1v) is 4.09. The van der Waals surface area contributed by atoms with Crippen molar-refractivity contribution in [3.63, 3.8) is 0 Å². The number of benzene rings is 1. The van der Waals surface area contributed by atoms with Gasteiger partial charge in [0.15, 0.2) is 0 Å². The first kappa shape index (κ1) is 6.73. The molecule has 3 N–H and O–H groups in total. The summed E-state index contributed by atoms with van der Waals surface area (Å²) in [6.07, 6.45) is 0. The van der Waals surface area contributed by atoms with Gasteiger partial charge in [0, 0.05) is 16.6 Å². The van der Waals surface area contributed by atoms with E-state index < -0.39 is 0 Å². The third kappa shape index (κ3) is 1.12. The Morgan fingerprint density at radius 3 is 2.91 bits per heavy atom. The second-order valence-electron chi connectivity index (χ2n) is 2.46. The summed E-state index contributed by atoms with van der Waals surface area (Å²) >= 11 is 3.35. The molecule has 0 aliphatic carbocycles. The van der Waals surface area contributed by atoms with Gasteiger partial charge in [-0.1, -0.05) is 0 Å². The second kappa shape index (κ2) is 2.27. The largest absolute Gasteiger partial charge is 0.399 e. The molecule has 0 aliphatic rings. The van der Waals surface area contributed by atoms with Gasteiger partial charge in [-0.05, 0) is 40.2 Å². The van der Waals surface area contributed by atoms with Crippen LogP contribution >= 0.6 is 15.9 Å². The SMILES string of the molecule is Nc1ccc2[nH]c(Br)cc2c1. The van der Waals surface area contributed by atoms with E-state index in [1.54, 1.807) is 0 Å². The van der Waals surface area contributed by atoms with Crippen molar-refractivity contribution in [2.45, 2.75) is 0 Å². The molecule has 1 aromatic carbocycles. The number of anilines is 1. The zero-order chi connectivity index (χ0) is 7.84. The maximum absolute atomic E-state index is 5.60. The molecule has 0 bridgehead atoms. The Bertz CT molecular complexity index is 392. The average Bonchev–Trinajstić information content (AvgIpc) is 2.27. The van der Waals surface area contributed by atoms with E-state index in [2.05, 4.69) is 20.9 Å². The van der Waals surface area contributed by atoms with Gasteiger partial charge < -0.3 is 10.7 Å². The predicted octanol–water partition coefficient (Wildman–Crippen LogP) is 2.51. The zero-order valence-electron chi connectivity index (χ0n) is 5.76. The Morgan fingerprint density at radius 2 is 2.09 bits per heavy atom. The van der Waals surface area contributed by atoms with Crippen molar-refractivity contribution in [1.29, 1.82) is 0 Å². The summed E-state index contributed by atoms with van der Waals surface area (Å²) in [5.41, 5.74) is 7.50. The molecule has 0 amide bonds. The number of H-pyrrole nitrogens is 1. The summed E-state index contributed by atoms with van der Waals surface area (Å²) in [7, 11) is 0. The van der Waals surface area contributed by atoms with Gasteiger partial charge >= 0.3 is 0 Å². The molecule has 1 aromatic heterocycles. The predicted molar refractivity (Wildman–Crippen MR) is 50.4 cm³/mol. The molecule has 3 heteroatoms. The van der Waals surface area contributed by atoms with Gasteiger partial charge in [-0.25, -0.2) is 0 Å². The molecule has 0 saturated carbocycles. The number of halogens is 1. The fourth-order valence-corrected chi connectivity index (χ4v) is 1.58. The topological polar surface area (TPSA) is 41.8 Å². The van der Waals surface area contributed by atoms with E-state index in [-0.39, 0.29) is 0 Å². The Kier molecular flexibility index (Phi) is 1.39. The molecule has 2 nitrogen and oxygen atoms in total. The monoisotopic (exact) mass is 210 g/mol. The maximum Gasteiger partial charge on any atom is 0.0830 e. The van der Waals surface area contributed by atoms with Crippen molar-refractivity contribution >= 4 is 32.5 Å². The van der Waals surface area contributed by atoms with Crippen molar-refractivity contribution in [2.24, 2.45) is 0 Å². The smallest absolute Gasteiger partial charge is 0.0830 e. The number of hydrogen-bond acceptors (Lipinski definition) is 1. The maximum atomic E-state index is 5.60. The molecule has 0 spiro atoms. The summed E-state index contributed by atoms with van der Waals surface area (Å²) in [4.78, 5) is 3.15. The summed E-state index contributed by atoms with van der Waals surface area (Å²) in [6.45, 7) is 0. The highest BCUT2D eigenvalue weighted by molar-refractivity contribution is 9.10. The van der Waals surface area contributed by atoms with Gasteiger partial charge in [0.05, 0.1) is 4.60 Å². The second-order valence-corrected chi connectivity index (χ2v) is 3.32. The zero-order valence-corrected chi connectivity index (χ0v) is 7.35. The molecule has 2 aromatic rings. The van der Waals surface area contributed by atoms with Crippen LogP contribution in [0.3, 0.4) is 0 Å². The molecule has 1 heterocycles. The number of aromatic amines is 1. The number of nitrogen functional groups attached to an aromatic ring is 1. The molecule has 0 unspecified atom stereocenters. The van der Waals surface area contributed by atoms with Gasteiger partial charge in [0.25, 0.3) is 0 Å². The fourth-order valence-electron chi connectivity index (χ4n) is 1.12. The highest BCUT2D eigenvalue weighted by atomic mass is 79.9. The molecular formula is C8H7BrN2. The molecule has 0 atom stereocenters. The van der Waals surface area contributed by atoms with Crippen LogP contribution in [-0.4, -0.2) is 4.98 Å². The van der Waals surface area contributed by atoms with Gasteiger partial charge in [-0.2, -0.15) is 0 Å². The molecule has 0 saturated heterocycles. The van der Waals surface area contributed by atoms with Crippen LogP contribution in [0.4, 0.5) is 5.69 Å². The summed E-state index contributed by atoms with van der Waals surface area (Å²) in [5, 5.41) is 1.14. The van der Waals surface area contributed by atoms with Crippen LogP contribution in [0.5, 0.6) is 0 Å². The molecule has 11 heavy (non-hydrogen) atoms. The lowest BCUT2D eigenvalue weighted by atomic mass is 10.2. The Labute approximate surface area is 72.5 Å². The standard InChI is InChI=1S/C8H7BrN2/c9-8-4-5-3-6(10)1-2-7(5)11-8/h1-4,11H,10H2. The summed E-state index contributed by atoms with van der Waals surface area (Å²) in [5.74, 6) is 0. The molecule has 2 rings (SSSR count). The first-order valence-electron chi connectivity index (χ1n) is 3.29. The van der Waals surface area contributed by atoms with Crippen LogP contribution in [0.25, 0.3) is 10.9 Å². The minimum atomic E-state index is 0.795. The Hall–Kier alpha value is -0.960. The van der Waals surface area contributed by atoms with Crippen LogP contribution in [-0.2, 0) is 0 Å². The van der Waals surface area contributed by atoms with E-state index in [0.717, 1.165) is 21.2 Å². The Morgan fingerprint density at radius 1 is 1.27 bits per heavy atom. The number of aromatic nitrogens is 1. The normalized spacial score (nSPS) is 10.6. The van der Waals surface area contributed by atoms with E-state index in [1.165, 1.54) is 0 Å². The van der Waals surface area contributed by atoms with Gasteiger partial charge in [0.2, 0.25) is 0 Å². The van der Waals surface area contributed by atoms with E-state index >= 15 is 0 Å².